The quantitative estimate of drug-likeness (QED) is 0.614. The van der Waals surface area contributed by atoms with Crippen molar-refractivity contribution in [3.8, 4) is 0 Å². The van der Waals surface area contributed by atoms with E-state index in [9.17, 15) is 0 Å². The van der Waals surface area contributed by atoms with Gasteiger partial charge in [0.25, 0.3) is 0 Å². The van der Waals surface area contributed by atoms with Gasteiger partial charge in [-0.2, -0.15) is 0 Å². The van der Waals surface area contributed by atoms with E-state index < -0.39 is 0 Å². The summed E-state index contributed by atoms with van der Waals surface area (Å²) in [5.41, 5.74) is 10.7. The lowest BCUT2D eigenvalue weighted by atomic mass is 9.87. The van der Waals surface area contributed by atoms with Gasteiger partial charge in [0.1, 0.15) is 0 Å². The molecule has 0 amide bonds. The highest BCUT2D eigenvalue weighted by Crippen LogP contribution is 2.33. The van der Waals surface area contributed by atoms with Gasteiger partial charge in [0.2, 0.25) is 0 Å². The predicted octanol–water partition coefficient (Wildman–Crippen LogP) is 4.36. The Labute approximate surface area is 127 Å². The first-order chi connectivity index (χ1) is 9.24. The lowest BCUT2D eigenvalue weighted by Gasteiger charge is -2.27. The summed E-state index contributed by atoms with van der Waals surface area (Å²) >= 11 is 2.34. The van der Waals surface area contributed by atoms with Gasteiger partial charge in [-0.15, -0.1) is 0 Å². The summed E-state index contributed by atoms with van der Waals surface area (Å²) in [5.74, 6) is 0. The Hall–Kier alpha value is -1.23. The fourth-order valence-electron chi connectivity index (χ4n) is 2.74. The van der Waals surface area contributed by atoms with E-state index in [2.05, 4.69) is 58.2 Å². The Bertz CT molecular complexity index is 595. The van der Waals surface area contributed by atoms with E-state index in [0.29, 0.717) is 6.04 Å². The van der Waals surface area contributed by atoms with E-state index in [0.717, 1.165) is 5.69 Å². The second-order valence-corrected chi connectivity index (χ2v) is 6.19. The Kier molecular flexibility index (Phi) is 3.64. The normalized spacial score (nSPS) is 17.8. The molecule has 98 valence electrons. The van der Waals surface area contributed by atoms with Gasteiger partial charge in [-0.25, -0.2) is 0 Å². The van der Waals surface area contributed by atoms with E-state index in [4.69, 9.17) is 5.73 Å². The lowest BCUT2D eigenvalue weighted by molar-refractivity contribution is 0.600. The van der Waals surface area contributed by atoms with Gasteiger partial charge >= 0.3 is 0 Å². The van der Waals surface area contributed by atoms with Gasteiger partial charge in [-0.05, 0) is 71.2 Å². The molecule has 1 unspecified atom stereocenters. The number of halogens is 1. The summed E-state index contributed by atoms with van der Waals surface area (Å²) in [6.45, 7) is 0. The molecule has 3 rings (SSSR count). The third-order valence-electron chi connectivity index (χ3n) is 3.69. The summed E-state index contributed by atoms with van der Waals surface area (Å²) < 4.78 is 1.18. The van der Waals surface area contributed by atoms with Crippen LogP contribution in [0.3, 0.4) is 0 Å². The minimum atomic E-state index is 0.419. The van der Waals surface area contributed by atoms with Crippen LogP contribution < -0.4 is 11.1 Å². The Morgan fingerprint density at radius 2 is 2.00 bits per heavy atom. The molecule has 2 aromatic rings. The third-order valence-corrected chi connectivity index (χ3v) is 4.58. The highest BCUT2D eigenvalue weighted by molar-refractivity contribution is 14.1. The van der Waals surface area contributed by atoms with Crippen molar-refractivity contribution in [2.75, 3.05) is 11.1 Å². The van der Waals surface area contributed by atoms with Crippen molar-refractivity contribution in [2.24, 2.45) is 0 Å². The fraction of sp³-hybridized carbons (Fsp3) is 0.250. The first kappa shape index (κ1) is 12.8. The predicted molar refractivity (Wildman–Crippen MR) is 89.3 cm³/mol. The number of fused-ring (bicyclic) bond motifs is 1. The molecule has 0 saturated heterocycles. The summed E-state index contributed by atoms with van der Waals surface area (Å²) in [6, 6.07) is 15.2. The molecule has 2 aromatic carbocycles. The number of nitrogen functional groups attached to an aromatic ring is 1. The molecule has 3 N–H and O–H groups in total. The molecule has 0 bridgehead atoms. The molecular weight excluding hydrogens is 347 g/mol. The molecule has 19 heavy (non-hydrogen) atoms. The maximum atomic E-state index is 5.80. The van der Waals surface area contributed by atoms with Crippen LogP contribution in [-0.4, -0.2) is 0 Å². The van der Waals surface area contributed by atoms with Crippen molar-refractivity contribution in [2.45, 2.75) is 25.3 Å². The number of nitrogens with one attached hydrogen (secondary N) is 1. The minimum Gasteiger partial charge on any atom is -0.399 e. The largest absolute Gasteiger partial charge is 0.399 e. The van der Waals surface area contributed by atoms with E-state index >= 15 is 0 Å². The molecule has 0 spiro atoms. The number of benzene rings is 2. The smallest absolute Gasteiger partial charge is 0.0517 e. The Balaban J connectivity index is 1.88. The maximum absolute atomic E-state index is 5.80. The van der Waals surface area contributed by atoms with Crippen LogP contribution in [0.2, 0.25) is 0 Å². The molecule has 1 atom stereocenters. The molecule has 0 aliphatic heterocycles. The Morgan fingerprint density at radius 1 is 1.16 bits per heavy atom. The number of hydrogen-bond donors (Lipinski definition) is 2. The van der Waals surface area contributed by atoms with E-state index in [1.807, 2.05) is 12.1 Å². The number of nitrogens with two attached hydrogens (primary N) is 1. The van der Waals surface area contributed by atoms with Crippen LogP contribution in [0.4, 0.5) is 11.4 Å². The first-order valence-corrected chi connectivity index (χ1v) is 7.71. The van der Waals surface area contributed by atoms with Crippen molar-refractivity contribution in [3.05, 3.63) is 57.2 Å². The van der Waals surface area contributed by atoms with Gasteiger partial charge in [-0.3, -0.25) is 0 Å². The van der Waals surface area contributed by atoms with Crippen LogP contribution in [0.1, 0.15) is 30.0 Å². The van der Waals surface area contributed by atoms with Gasteiger partial charge in [0.05, 0.1) is 6.04 Å². The van der Waals surface area contributed by atoms with E-state index in [1.54, 1.807) is 0 Å². The average molecular weight is 364 g/mol. The average Bonchev–Trinajstić information content (AvgIpc) is 2.42. The summed E-state index contributed by atoms with van der Waals surface area (Å²) in [5, 5.41) is 3.67. The SMILES string of the molecule is Nc1ccc(NC2CCCc3ccccc32)c(I)c1. The Morgan fingerprint density at radius 3 is 2.84 bits per heavy atom. The molecule has 2 nitrogen and oxygen atoms in total. The highest BCUT2D eigenvalue weighted by Gasteiger charge is 2.19. The van der Waals surface area contributed by atoms with Crippen molar-refractivity contribution < 1.29 is 0 Å². The van der Waals surface area contributed by atoms with Crippen molar-refractivity contribution in [3.63, 3.8) is 0 Å². The van der Waals surface area contributed by atoms with Crippen LogP contribution in [0.5, 0.6) is 0 Å². The zero-order valence-corrected chi connectivity index (χ0v) is 12.9. The van der Waals surface area contributed by atoms with Crippen LogP contribution in [0.25, 0.3) is 0 Å². The number of aryl methyl sites for hydroxylation is 1. The second kappa shape index (κ2) is 5.41. The van der Waals surface area contributed by atoms with Gasteiger partial charge in [-0.1, -0.05) is 24.3 Å². The third kappa shape index (κ3) is 2.71. The van der Waals surface area contributed by atoms with Crippen molar-refractivity contribution >= 4 is 34.0 Å². The second-order valence-electron chi connectivity index (χ2n) is 5.03. The van der Waals surface area contributed by atoms with Gasteiger partial charge < -0.3 is 11.1 Å². The van der Waals surface area contributed by atoms with Gasteiger partial charge in [0.15, 0.2) is 0 Å². The van der Waals surface area contributed by atoms with Crippen LogP contribution in [-0.2, 0) is 6.42 Å². The molecule has 1 aliphatic carbocycles. The van der Waals surface area contributed by atoms with Crippen LogP contribution in [0, 0.1) is 3.57 Å². The van der Waals surface area contributed by atoms with Crippen molar-refractivity contribution in [1.29, 1.82) is 0 Å². The number of anilines is 2. The fourth-order valence-corrected chi connectivity index (χ4v) is 3.44. The standard InChI is InChI=1S/C16H17IN2/c17-14-10-12(18)8-9-16(14)19-15-7-3-5-11-4-1-2-6-13(11)15/h1-2,4,6,8-10,15,19H,3,5,7,18H2. The monoisotopic (exact) mass is 364 g/mol. The van der Waals surface area contributed by atoms with E-state index in [-0.39, 0.29) is 0 Å². The highest BCUT2D eigenvalue weighted by atomic mass is 127. The molecule has 0 heterocycles. The topological polar surface area (TPSA) is 38.0 Å². The van der Waals surface area contributed by atoms with Crippen molar-refractivity contribution in [1.82, 2.24) is 0 Å². The number of rotatable bonds is 2. The lowest BCUT2D eigenvalue weighted by Crippen LogP contribution is -2.17. The molecule has 3 heteroatoms. The summed E-state index contributed by atoms with van der Waals surface area (Å²) in [7, 11) is 0. The van der Waals surface area contributed by atoms with Gasteiger partial charge in [0, 0.05) is 14.9 Å². The minimum absolute atomic E-state index is 0.419. The summed E-state index contributed by atoms with van der Waals surface area (Å²) in [6.07, 6.45) is 3.64. The number of hydrogen-bond acceptors (Lipinski definition) is 2. The first-order valence-electron chi connectivity index (χ1n) is 6.63. The molecule has 1 aliphatic rings. The molecule has 0 radical (unpaired) electrons. The van der Waals surface area contributed by atoms with Crippen LogP contribution >= 0.6 is 22.6 Å². The maximum Gasteiger partial charge on any atom is 0.0517 e. The molecule has 0 aromatic heterocycles. The van der Waals surface area contributed by atoms with E-state index in [1.165, 1.54) is 39.6 Å². The van der Waals surface area contributed by atoms with Crippen LogP contribution in [0.15, 0.2) is 42.5 Å². The molecule has 0 saturated carbocycles. The summed E-state index contributed by atoms with van der Waals surface area (Å²) in [4.78, 5) is 0. The molecular formula is C16H17IN2. The zero-order chi connectivity index (χ0) is 13.2. The zero-order valence-electron chi connectivity index (χ0n) is 10.7. The molecule has 0 fully saturated rings.